The summed E-state index contributed by atoms with van der Waals surface area (Å²) in [5.74, 6) is 1.04. The molecule has 0 radical (unpaired) electrons. The van der Waals surface area contributed by atoms with E-state index >= 15 is 0 Å². The number of benzene rings is 2. The van der Waals surface area contributed by atoms with Gasteiger partial charge in [-0.3, -0.25) is 0 Å². The molecule has 0 saturated carbocycles. The number of carbonyl (C=O) groups is 1. The molecule has 22 heavy (non-hydrogen) atoms. The molecule has 0 atom stereocenters. The predicted molar refractivity (Wildman–Crippen MR) is 86.2 cm³/mol. The molecule has 0 aliphatic carbocycles. The van der Waals surface area contributed by atoms with E-state index in [9.17, 15) is 4.79 Å². The molecule has 0 fully saturated rings. The number of ether oxygens (including phenoxy) is 2. The third-order valence-corrected chi connectivity index (χ3v) is 3.54. The Morgan fingerprint density at radius 1 is 1.09 bits per heavy atom. The molecule has 0 spiro atoms. The minimum absolute atomic E-state index is 0.335. The van der Waals surface area contributed by atoms with Crippen LogP contribution < -0.4 is 4.74 Å². The maximum absolute atomic E-state index is 12.0. The molecule has 1 aliphatic rings. The third-order valence-electron chi connectivity index (χ3n) is 3.54. The molecule has 0 bridgehead atoms. The molecule has 2 aromatic rings. The highest BCUT2D eigenvalue weighted by Gasteiger charge is 2.21. The highest BCUT2D eigenvalue weighted by Crippen LogP contribution is 2.28. The van der Waals surface area contributed by atoms with Crippen LogP contribution in [0.3, 0.4) is 0 Å². The second-order valence-electron chi connectivity index (χ2n) is 5.09. The van der Waals surface area contributed by atoms with Crippen LogP contribution in [-0.4, -0.2) is 13.1 Å². The lowest BCUT2D eigenvalue weighted by atomic mass is 10.1. The first-order chi connectivity index (χ1) is 10.7. The van der Waals surface area contributed by atoms with Crippen LogP contribution in [0.25, 0.3) is 11.8 Å². The molecule has 0 unspecified atom stereocenters. The van der Waals surface area contributed by atoms with Crippen molar-refractivity contribution >= 4 is 17.8 Å². The number of hydrogen-bond donors (Lipinski definition) is 0. The van der Waals surface area contributed by atoms with Gasteiger partial charge in [-0.05, 0) is 36.3 Å². The van der Waals surface area contributed by atoms with E-state index in [1.807, 2.05) is 55.5 Å². The molecule has 2 aromatic carbocycles. The summed E-state index contributed by atoms with van der Waals surface area (Å²) in [4.78, 5) is 12.0. The van der Waals surface area contributed by atoms with Gasteiger partial charge in [0.1, 0.15) is 11.5 Å². The van der Waals surface area contributed by atoms with E-state index in [4.69, 9.17) is 9.47 Å². The molecule has 1 heterocycles. The van der Waals surface area contributed by atoms with Crippen LogP contribution in [0.2, 0.25) is 0 Å². The van der Waals surface area contributed by atoms with Crippen LogP contribution in [0.5, 0.6) is 5.75 Å². The zero-order valence-corrected chi connectivity index (χ0v) is 12.5. The monoisotopic (exact) mass is 292 g/mol. The Morgan fingerprint density at radius 2 is 1.86 bits per heavy atom. The summed E-state index contributed by atoms with van der Waals surface area (Å²) in [6.45, 7) is 1.98. The van der Waals surface area contributed by atoms with Crippen LogP contribution in [0.1, 0.15) is 16.7 Å². The lowest BCUT2D eigenvalue weighted by Gasteiger charge is -2.05. The SMILES string of the molecule is COc1cc(/C=C2\C=C(c3ccccc3)OC2=O)ccc1C. The Kier molecular flexibility index (Phi) is 3.79. The summed E-state index contributed by atoms with van der Waals surface area (Å²) < 4.78 is 10.6. The van der Waals surface area contributed by atoms with E-state index in [-0.39, 0.29) is 5.97 Å². The first kappa shape index (κ1) is 14.1. The van der Waals surface area contributed by atoms with Crippen molar-refractivity contribution in [1.82, 2.24) is 0 Å². The van der Waals surface area contributed by atoms with Crippen molar-refractivity contribution in [3.8, 4) is 5.75 Å². The van der Waals surface area contributed by atoms with Gasteiger partial charge in [0.05, 0.1) is 12.7 Å². The topological polar surface area (TPSA) is 35.5 Å². The first-order valence-corrected chi connectivity index (χ1v) is 7.03. The molecule has 110 valence electrons. The highest BCUT2D eigenvalue weighted by atomic mass is 16.5. The molecule has 0 N–H and O–H groups in total. The summed E-state index contributed by atoms with van der Waals surface area (Å²) in [5, 5.41) is 0. The van der Waals surface area contributed by atoms with Crippen LogP contribution in [0, 0.1) is 6.92 Å². The van der Waals surface area contributed by atoms with Gasteiger partial charge >= 0.3 is 5.97 Å². The molecule has 3 rings (SSSR count). The number of esters is 1. The Labute approximate surface area is 129 Å². The quantitative estimate of drug-likeness (QED) is 0.634. The second-order valence-corrected chi connectivity index (χ2v) is 5.09. The Morgan fingerprint density at radius 3 is 2.59 bits per heavy atom. The number of cyclic esters (lactones) is 1. The van der Waals surface area contributed by atoms with Crippen LogP contribution in [0.15, 0.2) is 60.2 Å². The maximum Gasteiger partial charge on any atom is 0.343 e. The molecule has 0 saturated heterocycles. The molecule has 0 aromatic heterocycles. The van der Waals surface area contributed by atoms with Crippen molar-refractivity contribution < 1.29 is 14.3 Å². The summed E-state index contributed by atoms with van der Waals surface area (Å²) in [6, 6.07) is 15.4. The summed E-state index contributed by atoms with van der Waals surface area (Å²) in [7, 11) is 1.64. The minimum atomic E-state index is -0.335. The molecule has 3 nitrogen and oxygen atoms in total. The second kappa shape index (κ2) is 5.90. The Balaban J connectivity index is 1.94. The number of aryl methyl sites for hydroxylation is 1. The summed E-state index contributed by atoms with van der Waals surface area (Å²) in [5.41, 5.74) is 3.38. The Hall–Kier alpha value is -2.81. The zero-order valence-electron chi connectivity index (χ0n) is 12.5. The van der Waals surface area contributed by atoms with Gasteiger partial charge < -0.3 is 9.47 Å². The van der Waals surface area contributed by atoms with E-state index in [0.29, 0.717) is 11.3 Å². The highest BCUT2D eigenvalue weighted by molar-refractivity contribution is 6.05. The van der Waals surface area contributed by atoms with Crippen molar-refractivity contribution in [2.75, 3.05) is 7.11 Å². The van der Waals surface area contributed by atoms with Gasteiger partial charge in [-0.15, -0.1) is 0 Å². The van der Waals surface area contributed by atoms with Gasteiger partial charge in [0.25, 0.3) is 0 Å². The van der Waals surface area contributed by atoms with Crippen LogP contribution >= 0.6 is 0 Å². The van der Waals surface area contributed by atoms with E-state index in [1.165, 1.54) is 0 Å². The Bertz CT molecular complexity index is 771. The van der Waals surface area contributed by atoms with Crippen molar-refractivity contribution in [2.45, 2.75) is 6.92 Å². The van der Waals surface area contributed by atoms with Gasteiger partial charge in [-0.2, -0.15) is 0 Å². The fourth-order valence-corrected chi connectivity index (χ4v) is 2.34. The van der Waals surface area contributed by atoms with Crippen molar-refractivity contribution in [2.24, 2.45) is 0 Å². The maximum atomic E-state index is 12.0. The van der Waals surface area contributed by atoms with Gasteiger partial charge in [-0.1, -0.05) is 42.5 Å². The standard InChI is InChI=1S/C19H16O3/c1-13-8-9-14(11-17(13)21-2)10-16-12-18(22-19(16)20)15-6-4-3-5-7-15/h3-12H,1-2H3/b16-10+. The van der Waals surface area contributed by atoms with Crippen molar-refractivity contribution in [3.05, 3.63) is 76.9 Å². The van der Waals surface area contributed by atoms with Crippen LogP contribution in [0.4, 0.5) is 0 Å². The average Bonchev–Trinajstić information content (AvgIpc) is 2.91. The van der Waals surface area contributed by atoms with E-state index in [0.717, 1.165) is 22.4 Å². The van der Waals surface area contributed by atoms with E-state index in [1.54, 1.807) is 19.3 Å². The zero-order chi connectivity index (χ0) is 15.5. The third kappa shape index (κ3) is 2.79. The summed E-state index contributed by atoms with van der Waals surface area (Å²) in [6.07, 6.45) is 3.57. The van der Waals surface area contributed by atoms with Gasteiger partial charge in [0, 0.05) is 5.56 Å². The average molecular weight is 292 g/mol. The molecule has 1 aliphatic heterocycles. The fraction of sp³-hybridized carbons (Fsp3) is 0.105. The fourth-order valence-electron chi connectivity index (χ4n) is 2.34. The smallest absolute Gasteiger partial charge is 0.343 e. The largest absolute Gasteiger partial charge is 0.496 e. The number of methoxy groups -OCH3 is 1. The predicted octanol–water partition coefficient (Wildman–Crippen LogP) is 3.98. The number of hydrogen-bond acceptors (Lipinski definition) is 3. The van der Waals surface area contributed by atoms with Crippen molar-refractivity contribution in [3.63, 3.8) is 0 Å². The lowest BCUT2D eigenvalue weighted by Crippen LogP contribution is -1.97. The normalized spacial score (nSPS) is 15.6. The number of carbonyl (C=O) groups excluding carboxylic acids is 1. The van der Waals surface area contributed by atoms with Gasteiger partial charge in [0.15, 0.2) is 0 Å². The molecule has 3 heteroatoms. The van der Waals surface area contributed by atoms with Gasteiger partial charge in [0.2, 0.25) is 0 Å². The first-order valence-electron chi connectivity index (χ1n) is 7.03. The van der Waals surface area contributed by atoms with E-state index < -0.39 is 0 Å². The molecular formula is C19H16O3. The van der Waals surface area contributed by atoms with Gasteiger partial charge in [-0.25, -0.2) is 4.79 Å². The van der Waals surface area contributed by atoms with Crippen molar-refractivity contribution in [1.29, 1.82) is 0 Å². The summed E-state index contributed by atoms with van der Waals surface area (Å²) >= 11 is 0. The van der Waals surface area contributed by atoms with Crippen LogP contribution in [-0.2, 0) is 9.53 Å². The van der Waals surface area contributed by atoms with E-state index in [2.05, 4.69) is 0 Å². The molecular weight excluding hydrogens is 276 g/mol. The minimum Gasteiger partial charge on any atom is -0.496 e. The number of rotatable bonds is 3. The molecule has 0 amide bonds. The lowest BCUT2D eigenvalue weighted by molar-refractivity contribution is -0.130.